The molecule has 3 nitrogen and oxygen atoms in total. The van der Waals surface area contributed by atoms with E-state index in [-0.39, 0.29) is 6.61 Å². The third-order valence-electron chi connectivity index (χ3n) is 3.39. The molecule has 1 aromatic carbocycles. The number of alkyl halides is 2. The Morgan fingerprint density at radius 3 is 2.67 bits per heavy atom. The van der Waals surface area contributed by atoms with Gasteiger partial charge in [-0.05, 0) is 54.0 Å². The van der Waals surface area contributed by atoms with Gasteiger partial charge in [0, 0.05) is 15.6 Å². The number of hydrogen-bond donors (Lipinski definition) is 0. The third kappa shape index (κ3) is 4.24. The quantitative estimate of drug-likeness (QED) is 0.708. The van der Waals surface area contributed by atoms with E-state index >= 15 is 0 Å². The zero-order valence-electron chi connectivity index (χ0n) is 13.3. The lowest BCUT2D eigenvalue weighted by molar-refractivity contribution is 0.126. The second kappa shape index (κ2) is 8.11. The molecule has 24 heavy (non-hydrogen) atoms. The van der Waals surface area contributed by atoms with Crippen molar-refractivity contribution >= 4 is 15.9 Å². The molecule has 6 heteroatoms. The van der Waals surface area contributed by atoms with E-state index in [4.69, 9.17) is 4.74 Å². The topological polar surface area (TPSA) is 31.2 Å². The first kappa shape index (κ1) is 18.2. The van der Waals surface area contributed by atoms with Crippen LogP contribution in [0.1, 0.15) is 12.5 Å². The van der Waals surface area contributed by atoms with Crippen molar-refractivity contribution in [1.82, 2.24) is 4.57 Å². The fourth-order valence-electron chi connectivity index (χ4n) is 2.23. The number of aromatic nitrogens is 1. The normalized spacial score (nSPS) is 10.4. The average molecular weight is 396 g/mol. The molecule has 0 radical (unpaired) electrons. The zero-order valence-corrected chi connectivity index (χ0v) is 14.9. The van der Waals surface area contributed by atoms with Gasteiger partial charge in [0.1, 0.15) is 12.4 Å². The van der Waals surface area contributed by atoms with Crippen molar-refractivity contribution in [3.05, 3.63) is 50.7 Å². The Bertz CT molecular complexity index is 850. The molecule has 1 aromatic heterocycles. The molecule has 0 unspecified atom stereocenters. The van der Waals surface area contributed by atoms with Gasteiger partial charge < -0.3 is 9.30 Å². The van der Waals surface area contributed by atoms with Crippen LogP contribution in [0.25, 0.3) is 11.3 Å². The Morgan fingerprint density at radius 2 is 2.04 bits per heavy atom. The molecule has 0 spiro atoms. The number of ether oxygens (including phenoxy) is 1. The molecule has 1 heterocycles. The number of benzene rings is 1. The monoisotopic (exact) mass is 395 g/mol. The van der Waals surface area contributed by atoms with Gasteiger partial charge in [-0.3, -0.25) is 4.79 Å². The summed E-state index contributed by atoms with van der Waals surface area (Å²) in [7, 11) is 0. The van der Waals surface area contributed by atoms with Gasteiger partial charge in [0.25, 0.3) is 12.0 Å². The van der Waals surface area contributed by atoms with Gasteiger partial charge in [0.05, 0.1) is 12.2 Å². The summed E-state index contributed by atoms with van der Waals surface area (Å²) in [6.07, 6.45) is -2.61. The molecule has 126 valence electrons. The number of pyridine rings is 1. The van der Waals surface area contributed by atoms with E-state index < -0.39 is 18.5 Å². The van der Waals surface area contributed by atoms with Crippen LogP contribution in [0.5, 0.6) is 5.75 Å². The van der Waals surface area contributed by atoms with E-state index in [0.29, 0.717) is 27.0 Å². The van der Waals surface area contributed by atoms with Gasteiger partial charge in [0.15, 0.2) is 0 Å². The first-order valence-corrected chi connectivity index (χ1v) is 8.04. The Hall–Kier alpha value is -2.13. The van der Waals surface area contributed by atoms with Crippen LogP contribution in [0.15, 0.2) is 39.6 Å². The fraction of sp³-hybridized carbons (Fsp3) is 0.278. The summed E-state index contributed by atoms with van der Waals surface area (Å²) in [4.78, 5) is 12.2. The van der Waals surface area contributed by atoms with Crippen molar-refractivity contribution in [2.45, 2.75) is 26.8 Å². The maximum Gasteiger partial charge on any atom is 0.256 e. The van der Waals surface area contributed by atoms with Crippen molar-refractivity contribution < 1.29 is 13.5 Å². The Balaban J connectivity index is 2.46. The highest BCUT2D eigenvalue weighted by Crippen LogP contribution is 2.31. The van der Waals surface area contributed by atoms with Gasteiger partial charge in [0.2, 0.25) is 0 Å². The lowest BCUT2D eigenvalue weighted by Crippen LogP contribution is -2.26. The van der Waals surface area contributed by atoms with Gasteiger partial charge in [-0.2, -0.15) is 0 Å². The number of nitrogens with zero attached hydrogens (tertiary/aromatic N) is 1. The van der Waals surface area contributed by atoms with Crippen LogP contribution >= 0.6 is 15.9 Å². The molecule has 2 aromatic rings. The van der Waals surface area contributed by atoms with E-state index in [1.165, 1.54) is 0 Å². The molecule has 0 fully saturated rings. The summed E-state index contributed by atoms with van der Waals surface area (Å²) in [6.45, 7) is 2.95. The predicted octanol–water partition coefficient (Wildman–Crippen LogP) is 4.25. The van der Waals surface area contributed by atoms with Crippen LogP contribution in [0.2, 0.25) is 0 Å². The number of aryl methyl sites for hydroxylation is 1. The average Bonchev–Trinajstić information content (AvgIpc) is 2.53. The minimum absolute atomic E-state index is 0.267. The summed E-state index contributed by atoms with van der Waals surface area (Å²) in [6, 6.07) is 8.47. The number of hydrogen-bond acceptors (Lipinski definition) is 2. The second-order valence-electron chi connectivity index (χ2n) is 5.07. The molecular weight excluding hydrogens is 380 g/mol. The lowest BCUT2D eigenvalue weighted by atomic mass is 10.1. The molecule has 2 rings (SSSR count). The minimum Gasteiger partial charge on any atom is -0.481 e. The molecule has 0 saturated carbocycles. The van der Waals surface area contributed by atoms with Crippen LogP contribution in [0.4, 0.5) is 8.78 Å². The van der Waals surface area contributed by atoms with Crippen molar-refractivity contribution in [2.24, 2.45) is 0 Å². The first-order valence-electron chi connectivity index (χ1n) is 7.25. The highest BCUT2D eigenvalue weighted by molar-refractivity contribution is 9.10. The van der Waals surface area contributed by atoms with Gasteiger partial charge in [-0.25, -0.2) is 8.78 Å². The van der Waals surface area contributed by atoms with Crippen LogP contribution in [0, 0.1) is 18.8 Å². The van der Waals surface area contributed by atoms with Crippen molar-refractivity contribution in [1.29, 1.82) is 0 Å². The summed E-state index contributed by atoms with van der Waals surface area (Å²) in [5.74, 6) is 6.12. The largest absolute Gasteiger partial charge is 0.481 e. The Labute approximate surface area is 147 Å². The molecule has 0 aliphatic heterocycles. The second-order valence-corrected chi connectivity index (χ2v) is 5.92. The molecule has 0 atom stereocenters. The maximum atomic E-state index is 12.9. The third-order valence-corrected chi connectivity index (χ3v) is 4.05. The Kier molecular flexibility index (Phi) is 6.16. The van der Waals surface area contributed by atoms with Crippen molar-refractivity contribution in [2.75, 3.05) is 6.61 Å². The first-order chi connectivity index (χ1) is 11.4. The standard InChI is InChI=1S/C18H16BrF2NO2/c1-3-4-9-24-13-6-7-14(15(19)10-13)16-8-5-12(2)18(23)22(16)11-17(20)21/h5-8,10,17H,9,11H2,1-2H3. The summed E-state index contributed by atoms with van der Waals surface area (Å²) >= 11 is 3.42. The minimum atomic E-state index is -2.61. The van der Waals surface area contributed by atoms with Crippen LogP contribution in [0.3, 0.4) is 0 Å². The van der Waals surface area contributed by atoms with Crippen LogP contribution < -0.4 is 10.3 Å². The SMILES string of the molecule is CC#CCOc1ccc(-c2ccc(C)c(=O)n2CC(F)F)c(Br)c1. The zero-order chi connectivity index (χ0) is 17.7. The van der Waals surface area contributed by atoms with Crippen molar-refractivity contribution in [3.8, 4) is 28.8 Å². The van der Waals surface area contributed by atoms with Gasteiger partial charge in [-0.15, -0.1) is 5.92 Å². The maximum absolute atomic E-state index is 12.9. The molecule has 0 bridgehead atoms. The lowest BCUT2D eigenvalue weighted by Gasteiger charge is -2.15. The van der Waals surface area contributed by atoms with E-state index in [1.807, 2.05) is 0 Å². The fourth-order valence-corrected chi connectivity index (χ4v) is 2.79. The predicted molar refractivity (Wildman–Crippen MR) is 93.5 cm³/mol. The van der Waals surface area contributed by atoms with Crippen molar-refractivity contribution in [3.63, 3.8) is 0 Å². The van der Waals surface area contributed by atoms with Gasteiger partial charge >= 0.3 is 0 Å². The highest BCUT2D eigenvalue weighted by atomic mass is 79.9. The van der Waals surface area contributed by atoms with E-state index in [1.54, 1.807) is 44.2 Å². The van der Waals surface area contributed by atoms with E-state index in [0.717, 1.165) is 4.57 Å². The molecule has 0 aliphatic carbocycles. The molecule has 0 aliphatic rings. The van der Waals surface area contributed by atoms with E-state index in [2.05, 4.69) is 27.8 Å². The molecule has 0 N–H and O–H groups in total. The summed E-state index contributed by atoms with van der Waals surface area (Å²) < 4.78 is 32.9. The van der Waals surface area contributed by atoms with Gasteiger partial charge in [-0.1, -0.05) is 12.0 Å². The molecule has 0 saturated heterocycles. The number of halogens is 3. The summed E-state index contributed by atoms with van der Waals surface area (Å²) in [5.41, 5.74) is 1.08. The number of rotatable bonds is 5. The van der Waals surface area contributed by atoms with Crippen LogP contribution in [-0.2, 0) is 6.54 Å². The Morgan fingerprint density at radius 1 is 1.29 bits per heavy atom. The van der Waals surface area contributed by atoms with Crippen LogP contribution in [-0.4, -0.2) is 17.6 Å². The smallest absolute Gasteiger partial charge is 0.256 e. The molecule has 0 amide bonds. The molecular formula is C18H16BrF2NO2. The van der Waals surface area contributed by atoms with E-state index in [9.17, 15) is 13.6 Å². The highest BCUT2D eigenvalue weighted by Gasteiger charge is 2.15. The summed E-state index contributed by atoms with van der Waals surface area (Å²) in [5, 5.41) is 0.